The number of aromatic nitrogens is 2. The normalized spacial score (nSPS) is 16.3. The summed E-state index contributed by atoms with van der Waals surface area (Å²) in [7, 11) is 0. The van der Waals surface area contributed by atoms with Crippen molar-refractivity contribution < 1.29 is 28.6 Å². The molecule has 10 rings (SSSR count). The maximum absolute atomic E-state index is 15.1. The van der Waals surface area contributed by atoms with Crippen LogP contribution < -0.4 is 20.7 Å². The molecule has 69 heavy (non-hydrogen) atoms. The average molecular weight is 964 g/mol. The summed E-state index contributed by atoms with van der Waals surface area (Å²) < 4.78 is 33.7. The number of piperazine rings is 2. The van der Waals surface area contributed by atoms with Crippen molar-refractivity contribution in [3.05, 3.63) is 150 Å². The van der Waals surface area contributed by atoms with Crippen molar-refractivity contribution in [1.82, 2.24) is 18.9 Å². The van der Waals surface area contributed by atoms with Gasteiger partial charge in [0.25, 0.3) is 0 Å². The lowest BCUT2D eigenvalue weighted by atomic mass is 9.88. The van der Waals surface area contributed by atoms with E-state index in [4.69, 9.17) is 0 Å². The molecule has 364 valence electrons. The van der Waals surface area contributed by atoms with E-state index in [1.165, 1.54) is 96.4 Å². The fourth-order valence-electron chi connectivity index (χ4n) is 10.9. The van der Waals surface area contributed by atoms with E-state index in [1.54, 1.807) is 21.3 Å². The first kappa shape index (κ1) is 49.3. The van der Waals surface area contributed by atoms with Crippen LogP contribution in [0.5, 0.6) is 0 Å². The number of aryl methyl sites for hydroxylation is 4. The number of anilines is 2. The number of carboxylic acids is 2. The van der Waals surface area contributed by atoms with Crippen LogP contribution >= 0.6 is 12.4 Å². The van der Waals surface area contributed by atoms with E-state index in [0.29, 0.717) is 61.7 Å². The molecule has 2 aromatic heterocycles. The maximum atomic E-state index is 15.1. The van der Waals surface area contributed by atoms with Gasteiger partial charge < -0.3 is 29.1 Å². The Bertz CT molecular complexity index is 2830. The molecular formula is C54H61ClF2N6O6. The molecule has 2 saturated heterocycles. The largest absolute Gasteiger partial charge is 0.477 e. The Labute approximate surface area is 406 Å². The number of halogens is 3. The lowest BCUT2D eigenvalue weighted by Crippen LogP contribution is -2.46. The van der Waals surface area contributed by atoms with E-state index in [1.807, 2.05) is 23.6 Å². The number of fused-ring (bicyclic) bond motifs is 4. The number of carboxylic acid groups (broad SMARTS) is 2. The third-order valence-electron chi connectivity index (χ3n) is 14.6. The minimum Gasteiger partial charge on any atom is -0.477 e. The molecule has 0 spiro atoms. The molecule has 0 saturated carbocycles. The van der Waals surface area contributed by atoms with Crippen molar-refractivity contribution in [2.75, 3.05) is 62.2 Å². The number of hydrogen-bond donors (Lipinski definition) is 2. The number of carbonyl (C=O) groups is 2. The van der Waals surface area contributed by atoms with Crippen molar-refractivity contribution >= 4 is 57.5 Å². The third kappa shape index (κ3) is 10.2. The van der Waals surface area contributed by atoms with Crippen molar-refractivity contribution in [1.29, 1.82) is 0 Å². The number of pyridine rings is 2. The molecule has 0 atom stereocenters. The smallest absolute Gasteiger partial charge is 0.341 e. The standard InChI is InChI=1S/2C27H30FN3O3.ClH/c2*1-2-30-17-22(27(33)34)26(32)21-14-23(28)25(15-24(21)30)31-12-10-29(11-13-31)16-19-8-5-7-18-6-3-4-9-20(18)19;/h2*5,7-8,14-15,17H,2-4,6,9-13,16H2,1H3,(H,33,34);1H. The Balaban J connectivity index is 0.000000183. The molecular weight excluding hydrogens is 902 g/mol. The van der Waals surface area contributed by atoms with Crippen molar-refractivity contribution in [3.8, 4) is 0 Å². The SMILES string of the molecule is CCn1cc(C(=O)O)c(=O)c2cc(F)c(N3CCN(Cc4cccc5c4CCCC5)CC3)cc21.CCn1cc(C(=O)O)c(=O)c2cc(F)c(N3CCN(Cc4cccc5c4CCCC5)CC3)cc21.Cl. The van der Waals surface area contributed by atoms with Crippen LogP contribution in [0.2, 0.25) is 0 Å². The molecule has 0 amide bonds. The van der Waals surface area contributed by atoms with E-state index >= 15 is 8.78 Å². The van der Waals surface area contributed by atoms with Gasteiger partial charge in [0, 0.05) is 102 Å². The van der Waals surface area contributed by atoms with Gasteiger partial charge in [-0.25, -0.2) is 18.4 Å². The Hall–Kier alpha value is -6.09. The molecule has 0 bridgehead atoms. The lowest BCUT2D eigenvalue weighted by Gasteiger charge is -2.37. The van der Waals surface area contributed by atoms with Gasteiger partial charge in [-0.3, -0.25) is 19.4 Å². The van der Waals surface area contributed by atoms with E-state index in [-0.39, 0.29) is 34.3 Å². The predicted octanol–water partition coefficient (Wildman–Crippen LogP) is 8.54. The molecule has 4 aliphatic rings. The molecule has 0 radical (unpaired) electrons. The fourth-order valence-corrected chi connectivity index (χ4v) is 10.9. The first-order chi connectivity index (χ1) is 32.9. The van der Waals surface area contributed by atoms with Crippen LogP contribution in [0, 0.1) is 11.6 Å². The van der Waals surface area contributed by atoms with E-state index in [2.05, 4.69) is 46.2 Å². The van der Waals surface area contributed by atoms with Gasteiger partial charge in [-0.1, -0.05) is 36.4 Å². The Kier molecular flexibility index (Phi) is 15.2. The second kappa shape index (κ2) is 21.3. The summed E-state index contributed by atoms with van der Waals surface area (Å²) >= 11 is 0. The zero-order valence-corrected chi connectivity index (χ0v) is 40.3. The van der Waals surface area contributed by atoms with Crippen LogP contribution in [0.25, 0.3) is 21.8 Å². The van der Waals surface area contributed by atoms with E-state index in [9.17, 15) is 29.4 Å². The van der Waals surface area contributed by atoms with Crippen molar-refractivity contribution in [3.63, 3.8) is 0 Å². The summed E-state index contributed by atoms with van der Waals surface area (Å²) in [5.41, 5.74) is 8.97. The van der Waals surface area contributed by atoms with Gasteiger partial charge in [0.2, 0.25) is 10.9 Å². The highest BCUT2D eigenvalue weighted by molar-refractivity contribution is 5.94. The van der Waals surface area contributed by atoms with Gasteiger partial charge in [-0.05, 0) is 123 Å². The molecule has 4 heterocycles. The Morgan fingerprint density at radius 3 is 1.29 bits per heavy atom. The summed E-state index contributed by atoms with van der Waals surface area (Å²) in [5.74, 6) is -3.57. The molecule has 2 N–H and O–H groups in total. The predicted molar refractivity (Wildman–Crippen MR) is 270 cm³/mol. The summed E-state index contributed by atoms with van der Waals surface area (Å²) in [4.78, 5) is 57.1. The van der Waals surface area contributed by atoms with Crippen LogP contribution in [0.3, 0.4) is 0 Å². The number of hydrogen-bond acceptors (Lipinski definition) is 8. The number of benzene rings is 4. The van der Waals surface area contributed by atoms with Crippen LogP contribution in [0.1, 0.15) is 93.6 Å². The number of aromatic carboxylic acids is 2. The number of rotatable bonds is 10. The van der Waals surface area contributed by atoms with Gasteiger partial charge in [0.15, 0.2) is 0 Å². The highest BCUT2D eigenvalue weighted by Crippen LogP contribution is 2.31. The second-order valence-electron chi connectivity index (χ2n) is 18.6. The zero-order chi connectivity index (χ0) is 47.6. The van der Waals surface area contributed by atoms with Gasteiger partial charge in [-0.2, -0.15) is 0 Å². The molecule has 2 aliphatic heterocycles. The lowest BCUT2D eigenvalue weighted by molar-refractivity contribution is 0.0684. The summed E-state index contributed by atoms with van der Waals surface area (Å²) in [6, 6.07) is 19.1. The Morgan fingerprint density at radius 1 is 0.551 bits per heavy atom. The Morgan fingerprint density at radius 2 is 0.928 bits per heavy atom. The third-order valence-corrected chi connectivity index (χ3v) is 14.6. The highest BCUT2D eigenvalue weighted by Gasteiger charge is 2.26. The minimum atomic E-state index is -1.30. The molecule has 2 aliphatic carbocycles. The summed E-state index contributed by atoms with van der Waals surface area (Å²) in [6.45, 7) is 12.7. The fraction of sp³-hybridized carbons (Fsp3) is 0.407. The van der Waals surface area contributed by atoms with E-state index < -0.39 is 34.4 Å². The number of nitrogens with zero attached hydrogens (tertiary/aromatic N) is 6. The van der Waals surface area contributed by atoms with Gasteiger partial charge in [-0.15, -0.1) is 12.4 Å². The first-order valence-corrected chi connectivity index (χ1v) is 24.3. The van der Waals surface area contributed by atoms with Gasteiger partial charge in [0.1, 0.15) is 22.8 Å². The molecule has 15 heteroatoms. The molecule has 0 unspecified atom stereocenters. The summed E-state index contributed by atoms with van der Waals surface area (Å²) in [5, 5.41) is 18.9. The topological polar surface area (TPSA) is 132 Å². The maximum Gasteiger partial charge on any atom is 0.341 e. The van der Waals surface area contributed by atoms with E-state index in [0.717, 1.165) is 52.1 Å². The average Bonchev–Trinajstić information content (AvgIpc) is 3.35. The van der Waals surface area contributed by atoms with Crippen LogP contribution in [-0.4, -0.2) is 93.4 Å². The molecule has 6 aromatic rings. The van der Waals surface area contributed by atoms with Crippen LogP contribution in [0.15, 0.2) is 82.6 Å². The quantitative estimate of drug-likeness (QED) is 0.138. The minimum absolute atomic E-state index is 0. The molecule has 4 aromatic carbocycles. The first-order valence-electron chi connectivity index (χ1n) is 24.3. The van der Waals surface area contributed by atoms with Crippen LogP contribution in [-0.2, 0) is 51.9 Å². The van der Waals surface area contributed by atoms with Gasteiger partial charge in [0.05, 0.1) is 22.4 Å². The molecule has 2 fully saturated rings. The van der Waals surface area contributed by atoms with Gasteiger partial charge >= 0.3 is 11.9 Å². The second-order valence-corrected chi connectivity index (χ2v) is 18.6. The van der Waals surface area contributed by atoms with Crippen molar-refractivity contribution in [2.24, 2.45) is 0 Å². The summed E-state index contributed by atoms with van der Waals surface area (Å²) in [6.07, 6.45) is 12.5. The van der Waals surface area contributed by atoms with Crippen LogP contribution in [0.4, 0.5) is 20.2 Å². The highest BCUT2D eigenvalue weighted by atomic mass is 35.5. The van der Waals surface area contributed by atoms with Crippen molar-refractivity contribution in [2.45, 2.75) is 91.4 Å². The zero-order valence-electron chi connectivity index (χ0n) is 39.4. The monoisotopic (exact) mass is 962 g/mol. The molecule has 12 nitrogen and oxygen atoms in total.